The number of anilines is 6. The Kier molecular flexibility index (Phi) is 9.13. The smallest absolute Gasteiger partial charge is 0.252 e. The molecule has 4 heterocycles. The van der Waals surface area contributed by atoms with E-state index in [1.807, 2.05) is 22.7 Å². The van der Waals surface area contributed by atoms with Crippen LogP contribution in [-0.2, 0) is 0 Å². The normalized spacial score (nSPS) is 12.7. The van der Waals surface area contributed by atoms with Gasteiger partial charge in [-0.05, 0) is 122 Å². The van der Waals surface area contributed by atoms with E-state index in [0.29, 0.717) is 0 Å². The number of nitrogens with zero attached hydrogens (tertiary/aromatic N) is 2. The predicted molar refractivity (Wildman–Crippen MR) is 308 cm³/mol. The van der Waals surface area contributed by atoms with Crippen molar-refractivity contribution in [2.75, 3.05) is 9.80 Å². The van der Waals surface area contributed by atoms with Crippen LogP contribution in [0.4, 0.5) is 34.1 Å². The van der Waals surface area contributed by atoms with Gasteiger partial charge in [-0.3, -0.25) is 0 Å². The molecule has 2 aliphatic heterocycles. The van der Waals surface area contributed by atoms with Crippen LogP contribution in [0, 0.1) is 0 Å². The molecule has 330 valence electrons. The highest BCUT2D eigenvalue weighted by Crippen LogP contribution is 2.48. The Morgan fingerprint density at radius 2 is 0.662 bits per heavy atom. The van der Waals surface area contributed by atoms with Crippen LogP contribution < -0.4 is 26.2 Å². The molecule has 0 fully saturated rings. The predicted octanol–water partition coefficient (Wildman–Crippen LogP) is 17.2. The second-order valence-corrected chi connectivity index (χ2v) is 20.9. The summed E-state index contributed by atoms with van der Waals surface area (Å²) in [6.07, 6.45) is 0. The first-order valence-corrected chi connectivity index (χ1v) is 26.0. The van der Waals surface area contributed by atoms with E-state index in [2.05, 4.69) is 259 Å². The minimum atomic E-state index is -0.0192. The van der Waals surface area contributed by atoms with Crippen LogP contribution in [0.1, 0.15) is 0 Å². The first-order chi connectivity index (χ1) is 35.2. The average Bonchev–Trinajstić information content (AvgIpc) is 4.02. The van der Waals surface area contributed by atoms with Crippen molar-refractivity contribution in [1.82, 2.24) is 0 Å². The molecule has 13 aromatic rings. The van der Waals surface area contributed by atoms with E-state index in [1.54, 1.807) is 0 Å². The Morgan fingerprint density at radius 1 is 0.282 bits per heavy atom. The summed E-state index contributed by atoms with van der Waals surface area (Å²) in [4.78, 5) is 5.07. The summed E-state index contributed by atoms with van der Waals surface area (Å²) in [7, 11) is 0. The number of thiophene rings is 2. The third kappa shape index (κ3) is 6.33. The lowest BCUT2D eigenvalue weighted by Gasteiger charge is -2.44. The second-order valence-electron chi connectivity index (χ2n) is 18.7. The molecular formula is C66H41BN2S2. The molecule has 0 bridgehead atoms. The van der Waals surface area contributed by atoms with Crippen LogP contribution in [0.2, 0.25) is 0 Å². The molecule has 0 saturated heterocycles. The van der Waals surface area contributed by atoms with Gasteiger partial charge >= 0.3 is 0 Å². The third-order valence-electron chi connectivity index (χ3n) is 14.9. The molecule has 2 aliphatic rings. The molecule has 71 heavy (non-hydrogen) atoms. The monoisotopic (exact) mass is 936 g/mol. The molecule has 2 nitrogen and oxygen atoms in total. The zero-order valence-electron chi connectivity index (χ0n) is 38.5. The molecule has 0 unspecified atom stereocenters. The SMILES string of the molecule is c1ccc(-c2ccc(N3c4cc(-c5cccc6c5sc5ccccc56)ccc4B4c5ccc(-c6cccc7c6sc6ccccc67)cc5N(c5ccc(-c6ccccc6)cc5)c5cccc3c54)cc2)cc1. The fourth-order valence-corrected chi connectivity index (χ4v) is 14.1. The lowest BCUT2D eigenvalue weighted by molar-refractivity contribution is 1.25. The van der Waals surface area contributed by atoms with Crippen molar-refractivity contribution in [1.29, 1.82) is 0 Å². The fourth-order valence-electron chi connectivity index (χ4n) is 11.6. The van der Waals surface area contributed by atoms with Gasteiger partial charge in [0.05, 0.1) is 0 Å². The minimum Gasteiger partial charge on any atom is -0.311 e. The van der Waals surface area contributed by atoms with Gasteiger partial charge in [0.15, 0.2) is 0 Å². The van der Waals surface area contributed by atoms with Crippen LogP contribution in [0.15, 0.2) is 249 Å². The van der Waals surface area contributed by atoms with E-state index < -0.39 is 0 Å². The lowest BCUT2D eigenvalue weighted by atomic mass is 9.33. The maximum atomic E-state index is 2.53. The summed E-state index contributed by atoms with van der Waals surface area (Å²) in [5.74, 6) is 0. The molecule has 0 amide bonds. The molecule has 11 aromatic carbocycles. The van der Waals surface area contributed by atoms with Gasteiger partial charge in [0.2, 0.25) is 0 Å². The number of hydrogen-bond donors (Lipinski definition) is 0. The first-order valence-electron chi connectivity index (χ1n) is 24.4. The fraction of sp³-hybridized carbons (Fsp3) is 0. The van der Waals surface area contributed by atoms with Crippen molar-refractivity contribution in [3.05, 3.63) is 249 Å². The summed E-state index contributed by atoms with van der Waals surface area (Å²) in [5, 5.41) is 5.25. The van der Waals surface area contributed by atoms with E-state index >= 15 is 0 Å². The summed E-state index contributed by atoms with van der Waals surface area (Å²) in [5.41, 5.74) is 20.7. The topological polar surface area (TPSA) is 6.48 Å². The summed E-state index contributed by atoms with van der Waals surface area (Å²) >= 11 is 3.79. The van der Waals surface area contributed by atoms with E-state index in [0.717, 1.165) is 11.4 Å². The van der Waals surface area contributed by atoms with Crippen LogP contribution in [0.3, 0.4) is 0 Å². The molecule has 0 radical (unpaired) electrons. The summed E-state index contributed by atoms with van der Waals surface area (Å²) in [6.45, 7) is -0.0192. The van der Waals surface area contributed by atoms with Gasteiger partial charge in [0, 0.05) is 74.5 Å². The molecule has 0 N–H and O–H groups in total. The van der Waals surface area contributed by atoms with Crippen molar-refractivity contribution < 1.29 is 0 Å². The average molecular weight is 937 g/mol. The number of rotatable bonds is 6. The summed E-state index contributed by atoms with van der Waals surface area (Å²) < 4.78 is 5.28. The Balaban J connectivity index is 0.968. The van der Waals surface area contributed by atoms with Crippen LogP contribution >= 0.6 is 22.7 Å². The van der Waals surface area contributed by atoms with Crippen molar-refractivity contribution in [3.8, 4) is 44.5 Å². The van der Waals surface area contributed by atoms with Gasteiger partial charge in [0.1, 0.15) is 0 Å². The first kappa shape index (κ1) is 40.4. The quantitative estimate of drug-likeness (QED) is 0.153. The summed E-state index contributed by atoms with van der Waals surface area (Å²) in [6, 6.07) is 92.6. The van der Waals surface area contributed by atoms with E-state index in [1.165, 1.54) is 124 Å². The van der Waals surface area contributed by atoms with Gasteiger partial charge < -0.3 is 9.80 Å². The number of fused-ring (bicyclic) bond motifs is 10. The zero-order valence-corrected chi connectivity index (χ0v) is 40.1. The number of benzene rings is 11. The van der Waals surface area contributed by atoms with E-state index in [9.17, 15) is 0 Å². The van der Waals surface area contributed by atoms with Crippen LogP contribution in [0.5, 0.6) is 0 Å². The highest BCUT2D eigenvalue weighted by molar-refractivity contribution is 7.26. The van der Waals surface area contributed by atoms with Gasteiger partial charge in [-0.1, -0.05) is 188 Å². The van der Waals surface area contributed by atoms with Crippen molar-refractivity contribution >= 4 is 120 Å². The Bertz CT molecular complexity index is 3960. The van der Waals surface area contributed by atoms with Crippen molar-refractivity contribution in [2.24, 2.45) is 0 Å². The third-order valence-corrected chi connectivity index (χ3v) is 17.3. The van der Waals surface area contributed by atoms with Gasteiger partial charge in [-0.25, -0.2) is 0 Å². The van der Waals surface area contributed by atoms with Gasteiger partial charge in [-0.15, -0.1) is 22.7 Å². The minimum absolute atomic E-state index is 0.0192. The largest absolute Gasteiger partial charge is 0.311 e. The highest BCUT2D eigenvalue weighted by Gasteiger charge is 2.43. The van der Waals surface area contributed by atoms with Crippen molar-refractivity contribution in [3.63, 3.8) is 0 Å². The Morgan fingerprint density at radius 3 is 1.13 bits per heavy atom. The molecule has 0 aliphatic carbocycles. The van der Waals surface area contributed by atoms with Crippen LogP contribution in [0.25, 0.3) is 84.9 Å². The van der Waals surface area contributed by atoms with Gasteiger partial charge in [0.25, 0.3) is 6.71 Å². The second kappa shape index (κ2) is 16.0. The Hall–Kier alpha value is -8.48. The molecule has 0 atom stereocenters. The molecule has 2 aromatic heterocycles. The molecule has 0 spiro atoms. The van der Waals surface area contributed by atoms with E-state index in [-0.39, 0.29) is 6.71 Å². The standard InChI is InChI=1S/C66H41BN2S2/c1-3-14-42(15-4-1)44-28-34-48(35-29-44)68-58-24-13-25-59-64(58)67(56-38-32-46(40-60(56)68)50-20-11-22-54-52-18-7-9-26-62(52)70-65(50)54)57-39-33-47(51-21-12-23-55-53-19-8-10-27-63(53)71-66(51)55)41-61(57)69(59)49-36-30-45(31-37-49)43-16-5-2-6-17-43/h1-41H. The highest BCUT2D eigenvalue weighted by atomic mass is 32.1. The molecule has 15 rings (SSSR count). The number of hydrogen-bond acceptors (Lipinski definition) is 4. The van der Waals surface area contributed by atoms with Crippen LogP contribution in [-0.4, -0.2) is 6.71 Å². The van der Waals surface area contributed by atoms with Crippen molar-refractivity contribution in [2.45, 2.75) is 0 Å². The Labute approximate surface area is 420 Å². The molecular weight excluding hydrogens is 896 g/mol. The molecule has 5 heteroatoms. The maximum absolute atomic E-state index is 2.53. The maximum Gasteiger partial charge on any atom is 0.252 e. The van der Waals surface area contributed by atoms with Gasteiger partial charge in [-0.2, -0.15) is 0 Å². The molecule has 0 saturated carbocycles. The zero-order chi connectivity index (χ0) is 46.6. The lowest BCUT2D eigenvalue weighted by Crippen LogP contribution is -2.61. The van der Waals surface area contributed by atoms with E-state index in [4.69, 9.17) is 0 Å².